The van der Waals surface area contributed by atoms with Gasteiger partial charge in [0.25, 0.3) is 5.91 Å². The van der Waals surface area contributed by atoms with Gasteiger partial charge in [-0.2, -0.15) is 0 Å². The van der Waals surface area contributed by atoms with E-state index in [0.717, 1.165) is 10.9 Å². The molecule has 2 N–H and O–H groups in total. The number of H-pyrrole nitrogens is 1. The second-order valence-electron chi connectivity index (χ2n) is 5.85. The van der Waals surface area contributed by atoms with E-state index < -0.39 is 11.5 Å². The average molecular weight is 339 g/mol. The fourth-order valence-corrected chi connectivity index (χ4v) is 3.46. The van der Waals surface area contributed by atoms with Crippen LogP contribution in [0.2, 0.25) is 5.02 Å². The summed E-state index contributed by atoms with van der Waals surface area (Å²) in [6.45, 7) is 4.01. The molecule has 1 aliphatic rings. The summed E-state index contributed by atoms with van der Waals surface area (Å²) in [5, 5.41) is 12.8. The minimum Gasteiger partial charge on any atom is -0.371 e. The Morgan fingerprint density at radius 3 is 2.79 bits per heavy atom. The van der Waals surface area contributed by atoms with E-state index in [1.54, 1.807) is 30.3 Å². The first-order valence-electron chi connectivity index (χ1n) is 7.59. The summed E-state index contributed by atoms with van der Waals surface area (Å²) in [5.41, 5.74) is 0.629. The number of hydrogen-bond donors (Lipinski definition) is 2. The van der Waals surface area contributed by atoms with Crippen molar-refractivity contribution in [2.24, 2.45) is 0 Å². The largest absolute Gasteiger partial charge is 0.371 e. The molecule has 1 atom stereocenters. The van der Waals surface area contributed by atoms with Crippen LogP contribution in [0.4, 0.5) is 5.69 Å². The number of halogens is 1. The van der Waals surface area contributed by atoms with E-state index in [1.807, 2.05) is 24.3 Å². The van der Waals surface area contributed by atoms with Crippen molar-refractivity contribution in [1.82, 2.24) is 4.98 Å². The number of anilines is 1. The van der Waals surface area contributed by atoms with Crippen molar-refractivity contribution in [2.75, 3.05) is 11.4 Å². The number of aromatic nitrogens is 1. The third-order valence-corrected chi connectivity index (χ3v) is 4.66. The van der Waals surface area contributed by atoms with Crippen molar-refractivity contribution >= 4 is 34.1 Å². The van der Waals surface area contributed by atoms with Crippen LogP contribution in [-0.2, 0) is 10.4 Å². The Morgan fingerprint density at radius 1 is 1.25 bits per heavy atom. The average Bonchev–Trinajstić information content (AvgIpc) is 3.10. The monoisotopic (exact) mass is 338 g/mol. The number of rotatable bonds is 3. The van der Waals surface area contributed by atoms with Gasteiger partial charge in [0.2, 0.25) is 5.60 Å². The van der Waals surface area contributed by atoms with Crippen molar-refractivity contribution in [1.29, 1.82) is 0 Å². The van der Waals surface area contributed by atoms with E-state index in [9.17, 15) is 9.90 Å². The molecule has 0 spiro atoms. The van der Waals surface area contributed by atoms with E-state index >= 15 is 0 Å². The third-order valence-electron chi connectivity index (χ3n) is 4.43. The first-order valence-corrected chi connectivity index (χ1v) is 7.97. The molecule has 0 radical (unpaired) electrons. The second-order valence-corrected chi connectivity index (χ2v) is 6.28. The Balaban J connectivity index is 1.97. The number of benzene rings is 2. The zero-order valence-electron chi connectivity index (χ0n) is 12.8. The standard InChI is InChI=1S/C19H15ClN2O2/c1-2-9-22-16-8-7-13(20)11-14(16)19(24,18(22)23)17-10-12-5-3-4-6-15(12)21-17/h2-8,10-11,21,24H,1,9H2/t19-/m1/s1. The van der Waals surface area contributed by atoms with E-state index in [4.69, 9.17) is 11.6 Å². The molecule has 0 saturated heterocycles. The molecule has 3 aromatic rings. The normalized spacial score (nSPS) is 19.8. The molecule has 4 rings (SSSR count). The Morgan fingerprint density at radius 2 is 2.04 bits per heavy atom. The Labute approximate surface area is 144 Å². The smallest absolute Gasteiger partial charge is 0.270 e. The molecule has 1 aromatic heterocycles. The first-order chi connectivity index (χ1) is 11.6. The summed E-state index contributed by atoms with van der Waals surface area (Å²) in [6, 6.07) is 14.5. The maximum absolute atomic E-state index is 13.0. The van der Waals surface area contributed by atoms with Gasteiger partial charge in [-0.05, 0) is 35.7 Å². The SMILES string of the molecule is C=CCN1C(=O)[C@](O)(c2cc3ccccc3[nH]2)c2cc(Cl)ccc21. The summed E-state index contributed by atoms with van der Waals surface area (Å²) in [4.78, 5) is 17.7. The van der Waals surface area contributed by atoms with Crippen molar-refractivity contribution < 1.29 is 9.90 Å². The lowest BCUT2D eigenvalue weighted by molar-refractivity contribution is -0.132. The van der Waals surface area contributed by atoms with Crippen LogP contribution in [0.25, 0.3) is 10.9 Å². The van der Waals surface area contributed by atoms with E-state index in [-0.39, 0.29) is 0 Å². The maximum atomic E-state index is 13.0. The van der Waals surface area contributed by atoms with Crippen LogP contribution in [0.3, 0.4) is 0 Å². The topological polar surface area (TPSA) is 56.3 Å². The number of carbonyl (C=O) groups is 1. The number of fused-ring (bicyclic) bond motifs is 2. The molecule has 1 amide bonds. The number of amides is 1. The quantitative estimate of drug-likeness (QED) is 0.717. The number of nitrogens with zero attached hydrogens (tertiary/aromatic N) is 1. The molecule has 2 aromatic carbocycles. The molecule has 0 saturated carbocycles. The number of para-hydroxylation sites is 1. The Hall–Kier alpha value is -2.56. The zero-order valence-corrected chi connectivity index (χ0v) is 13.5. The molecular formula is C19H15ClN2O2. The van der Waals surface area contributed by atoms with Gasteiger partial charge in [0, 0.05) is 22.6 Å². The van der Waals surface area contributed by atoms with Gasteiger partial charge in [0.05, 0.1) is 11.4 Å². The predicted molar refractivity (Wildman–Crippen MR) is 95.3 cm³/mol. The maximum Gasteiger partial charge on any atom is 0.270 e. The molecule has 0 fully saturated rings. The lowest BCUT2D eigenvalue weighted by Gasteiger charge is -2.21. The number of aliphatic hydroxyl groups is 1. The van der Waals surface area contributed by atoms with Gasteiger partial charge in [-0.1, -0.05) is 35.9 Å². The van der Waals surface area contributed by atoms with Gasteiger partial charge < -0.3 is 15.0 Å². The molecule has 0 aliphatic carbocycles. The van der Waals surface area contributed by atoms with Crippen LogP contribution in [0.15, 0.2) is 61.2 Å². The van der Waals surface area contributed by atoms with Gasteiger partial charge in [0.1, 0.15) is 0 Å². The van der Waals surface area contributed by atoms with Gasteiger partial charge in [0.15, 0.2) is 0 Å². The highest BCUT2D eigenvalue weighted by Crippen LogP contribution is 2.45. The highest BCUT2D eigenvalue weighted by Gasteiger charge is 2.51. The van der Waals surface area contributed by atoms with Crippen LogP contribution < -0.4 is 4.90 Å². The highest BCUT2D eigenvalue weighted by atomic mass is 35.5. The third kappa shape index (κ3) is 1.94. The van der Waals surface area contributed by atoms with Crippen LogP contribution in [0.1, 0.15) is 11.3 Å². The highest BCUT2D eigenvalue weighted by molar-refractivity contribution is 6.31. The van der Waals surface area contributed by atoms with Crippen LogP contribution in [0, 0.1) is 0 Å². The molecule has 4 nitrogen and oxygen atoms in total. The summed E-state index contributed by atoms with van der Waals surface area (Å²) in [5.74, 6) is -0.411. The minimum absolute atomic E-state index is 0.315. The molecule has 1 aliphatic heterocycles. The number of carbonyl (C=O) groups excluding carboxylic acids is 1. The molecule has 0 unspecified atom stereocenters. The molecular weight excluding hydrogens is 324 g/mol. The summed E-state index contributed by atoms with van der Waals surface area (Å²) >= 11 is 6.12. The molecule has 2 heterocycles. The van der Waals surface area contributed by atoms with Gasteiger partial charge in [-0.15, -0.1) is 6.58 Å². The van der Waals surface area contributed by atoms with Gasteiger partial charge in [-0.3, -0.25) is 4.79 Å². The molecule has 24 heavy (non-hydrogen) atoms. The van der Waals surface area contributed by atoms with E-state index in [1.165, 1.54) is 4.90 Å². The number of aromatic amines is 1. The van der Waals surface area contributed by atoms with Crippen LogP contribution in [0.5, 0.6) is 0 Å². The fraction of sp³-hybridized carbons (Fsp3) is 0.105. The van der Waals surface area contributed by atoms with Crippen LogP contribution >= 0.6 is 11.6 Å². The molecule has 0 bridgehead atoms. The minimum atomic E-state index is -1.79. The van der Waals surface area contributed by atoms with Gasteiger partial charge in [-0.25, -0.2) is 0 Å². The number of nitrogens with one attached hydrogen (secondary N) is 1. The lowest BCUT2D eigenvalue weighted by Crippen LogP contribution is -2.41. The van der Waals surface area contributed by atoms with E-state index in [2.05, 4.69) is 11.6 Å². The van der Waals surface area contributed by atoms with E-state index in [0.29, 0.717) is 28.5 Å². The fourth-order valence-electron chi connectivity index (χ4n) is 3.29. The Kier molecular flexibility index (Phi) is 3.27. The lowest BCUT2D eigenvalue weighted by atomic mass is 9.92. The van der Waals surface area contributed by atoms with Crippen molar-refractivity contribution in [2.45, 2.75) is 5.60 Å². The van der Waals surface area contributed by atoms with Crippen LogP contribution in [-0.4, -0.2) is 22.5 Å². The summed E-state index contributed by atoms with van der Waals surface area (Å²) < 4.78 is 0. The predicted octanol–water partition coefficient (Wildman–Crippen LogP) is 3.59. The summed E-state index contributed by atoms with van der Waals surface area (Å²) in [7, 11) is 0. The Bertz CT molecular complexity index is 945. The van der Waals surface area contributed by atoms with Crippen molar-refractivity contribution in [3.05, 3.63) is 77.5 Å². The number of hydrogen-bond acceptors (Lipinski definition) is 2. The van der Waals surface area contributed by atoms with Crippen molar-refractivity contribution in [3.63, 3.8) is 0 Å². The summed E-state index contributed by atoms with van der Waals surface area (Å²) in [6.07, 6.45) is 1.63. The molecule has 5 heteroatoms. The second kappa shape index (κ2) is 5.23. The van der Waals surface area contributed by atoms with Crippen molar-refractivity contribution in [3.8, 4) is 0 Å². The molecule has 120 valence electrons. The first kappa shape index (κ1) is 15.0. The van der Waals surface area contributed by atoms with Gasteiger partial charge >= 0.3 is 0 Å². The zero-order chi connectivity index (χ0) is 16.9.